The van der Waals surface area contributed by atoms with Crippen LogP contribution in [0.25, 0.3) is 0 Å². The van der Waals surface area contributed by atoms with Crippen molar-refractivity contribution in [2.45, 2.75) is 11.0 Å². The highest BCUT2D eigenvalue weighted by Crippen LogP contribution is 2.28. The van der Waals surface area contributed by atoms with Crippen molar-refractivity contribution in [3.8, 4) is 0 Å². The standard InChI is InChI=1S/C13H12ClF2NO3S2/c1-20-11(12-2-3-13(14)21-12)7-17-22(18,19)10-5-8(15)4-9(16)6-10/h2-6,11,17H,7H2,1H3. The van der Waals surface area contributed by atoms with Gasteiger partial charge < -0.3 is 4.74 Å². The number of nitrogens with one attached hydrogen (secondary N) is 1. The summed E-state index contributed by atoms with van der Waals surface area (Å²) in [5, 5.41) is 0. The van der Waals surface area contributed by atoms with Crippen LogP contribution in [-0.2, 0) is 14.8 Å². The number of halogens is 3. The van der Waals surface area contributed by atoms with Gasteiger partial charge in [0.25, 0.3) is 0 Å². The van der Waals surface area contributed by atoms with E-state index in [4.69, 9.17) is 16.3 Å². The molecule has 0 aliphatic rings. The molecular weight excluding hydrogens is 356 g/mol. The molecule has 0 aliphatic heterocycles. The maximum Gasteiger partial charge on any atom is 0.240 e. The Balaban J connectivity index is 2.14. The van der Waals surface area contributed by atoms with Gasteiger partial charge >= 0.3 is 0 Å². The first-order valence-corrected chi connectivity index (χ1v) is 8.73. The molecule has 0 saturated carbocycles. The van der Waals surface area contributed by atoms with E-state index in [9.17, 15) is 17.2 Å². The van der Waals surface area contributed by atoms with Crippen LogP contribution in [0.1, 0.15) is 11.0 Å². The SMILES string of the molecule is COC(CNS(=O)(=O)c1cc(F)cc(F)c1)c1ccc(Cl)s1. The van der Waals surface area contributed by atoms with Crippen LogP contribution in [0.5, 0.6) is 0 Å². The predicted molar refractivity (Wildman–Crippen MR) is 80.6 cm³/mol. The molecule has 0 amide bonds. The number of ether oxygens (including phenoxy) is 1. The Labute approximate surface area is 135 Å². The molecule has 1 aromatic carbocycles. The molecule has 4 nitrogen and oxygen atoms in total. The minimum atomic E-state index is -4.05. The van der Waals surface area contributed by atoms with Crippen LogP contribution < -0.4 is 4.72 Å². The lowest BCUT2D eigenvalue weighted by Gasteiger charge is -2.15. The number of rotatable bonds is 6. The molecule has 0 radical (unpaired) electrons. The van der Waals surface area contributed by atoms with E-state index in [2.05, 4.69) is 4.72 Å². The van der Waals surface area contributed by atoms with Crippen molar-refractivity contribution in [3.05, 3.63) is 51.2 Å². The van der Waals surface area contributed by atoms with E-state index in [-0.39, 0.29) is 6.54 Å². The summed E-state index contributed by atoms with van der Waals surface area (Å²) < 4.78 is 58.4. The molecule has 1 atom stereocenters. The summed E-state index contributed by atoms with van der Waals surface area (Å²) in [4.78, 5) is 0.254. The Morgan fingerprint density at radius 1 is 1.27 bits per heavy atom. The van der Waals surface area contributed by atoms with Crippen molar-refractivity contribution >= 4 is 33.0 Å². The summed E-state index contributed by atoms with van der Waals surface area (Å²) in [7, 11) is -2.62. The highest BCUT2D eigenvalue weighted by Gasteiger charge is 2.20. The van der Waals surface area contributed by atoms with E-state index in [1.807, 2.05) is 0 Å². The number of thiophene rings is 1. The second-order valence-corrected chi connectivity index (χ2v) is 7.84. The lowest BCUT2D eigenvalue weighted by molar-refractivity contribution is 0.110. The van der Waals surface area contributed by atoms with Gasteiger partial charge in [-0.05, 0) is 24.3 Å². The normalized spacial score (nSPS) is 13.3. The van der Waals surface area contributed by atoms with Gasteiger partial charge in [0.1, 0.15) is 17.7 Å². The van der Waals surface area contributed by atoms with Gasteiger partial charge in [-0.15, -0.1) is 11.3 Å². The van der Waals surface area contributed by atoms with Crippen molar-refractivity contribution < 1.29 is 21.9 Å². The van der Waals surface area contributed by atoms with Gasteiger partial charge in [-0.3, -0.25) is 0 Å². The van der Waals surface area contributed by atoms with Gasteiger partial charge in [0.05, 0.1) is 9.23 Å². The first-order valence-electron chi connectivity index (χ1n) is 6.05. The largest absolute Gasteiger partial charge is 0.375 e. The molecule has 1 heterocycles. The zero-order chi connectivity index (χ0) is 16.3. The first-order chi connectivity index (χ1) is 10.3. The first kappa shape index (κ1) is 17.3. The summed E-state index contributed by atoms with van der Waals surface area (Å²) in [6, 6.07) is 5.48. The fourth-order valence-corrected chi connectivity index (χ4v) is 3.97. The van der Waals surface area contributed by atoms with Crippen LogP contribution in [0.15, 0.2) is 35.2 Å². The Kier molecular flexibility index (Phi) is 5.51. The lowest BCUT2D eigenvalue weighted by Crippen LogP contribution is -2.29. The number of hydrogen-bond acceptors (Lipinski definition) is 4. The molecule has 0 bridgehead atoms. The maximum atomic E-state index is 13.1. The highest BCUT2D eigenvalue weighted by molar-refractivity contribution is 7.89. The number of sulfonamides is 1. The van der Waals surface area contributed by atoms with E-state index in [0.29, 0.717) is 10.4 Å². The van der Waals surface area contributed by atoms with E-state index in [0.717, 1.165) is 17.0 Å². The van der Waals surface area contributed by atoms with Crippen molar-refractivity contribution in [1.29, 1.82) is 0 Å². The lowest BCUT2D eigenvalue weighted by atomic mass is 10.3. The second kappa shape index (κ2) is 7.01. The monoisotopic (exact) mass is 367 g/mol. The highest BCUT2D eigenvalue weighted by atomic mass is 35.5. The fraction of sp³-hybridized carbons (Fsp3) is 0.231. The molecule has 0 aliphatic carbocycles. The third kappa shape index (κ3) is 4.23. The van der Waals surface area contributed by atoms with Gasteiger partial charge in [-0.1, -0.05) is 11.6 Å². The molecule has 2 aromatic rings. The second-order valence-electron chi connectivity index (χ2n) is 4.32. The summed E-state index contributed by atoms with van der Waals surface area (Å²) in [6.45, 7) is -0.0895. The van der Waals surface area contributed by atoms with Crippen LogP contribution in [0.4, 0.5) is 8.78 Å². The molecular formula is C13H12ClF2NO3S2. The summed E-state index contributed by atoms with van der Waals surface area (Å²) in [6.07, 6.45) is -0.550. The smallest absolute Gasteiger partial charge is 0.240 e. The molecule has 1 aromatic heterocycles. The molecule has 9 heteroatoms. The van der Waals surface area contributed by atoms with Crippen molar-refractivity contribution in [2.75, 3.05) is 13.7 Å². The summed E-state index contributed by atoms with van der Waals surface area (Å²) >= 11 is 7.08. The van der Waals surface area contributed by atoms with Crippen molar-refractivity contribution in [3.63, 3.8) is 0 Å². The third-order valence-corrected chi connectivity index (χ3v) is 5.53. The van der Waals surface area contributed by atoms with Crippen LogP contribution in [-0.4, -0.2) is 22.1 Å². The van der Waals surface area contributed by atoms with E-state index in [1.165, 1.54) is 18.4 Å². The van der Waals surface area contributed by atoms with E-state index < -0.39 is 32.7 Å². The Hall–Kier alpha value is -1.06. The Morgan fingerprint density at radius 2 is 1.91 bits per heavy atom. The Bertz CT molecular complexity index is 744. The maximum absolute atomic E-state index is 13.1. The average Bonchev–Trinajstić information content (AvgIpc) is 2.85. The molecule has 22 heavy (non-hydrogen) atoms. The average molecular weight is 368 g/mol. The predicted octanol–water partition coefficient (Wildman–Crippen LogP) is 3.35. The van der Waals surface area contributed by atoms with E-state index >= 15 is 0 Å². The van der Waals surface area contributed by atoms with Crippen LogP contribution in [0.2, 0.25) is 4.34 Å². The number of benzene rings is 1. The minimum Gasteiger partial charge on any atom is -0.375 e. The van der Waals surface area contributed by atoms with Crippen LogP contribution in [0, 0.1) is 11.6 Å². The zero-order valence-electron chi connectivity index (χ0n) is 11.3. The van der Waals surface area contributed by atoms with Gasteiger partial charge in [-0.2, -0.15) is 0 Å². The van der Waals surface area contributed by atoms with Gasteiger partial charge in [0, 0.05) is 24.6 Å². The molecule has 1 N–H and O–H groups in total. The van der Waals surface area contributed by atoms with Crippen molar-refractivity contribution in [1.82, 2.24) is 4.72 Å². The Morgan fingerprint density at radius 3 is 2.41 bits per heavy atom. The number of methoxy groups -OCH3 is 1. The van der Waals surface area contributed by atoms with Crippen LogP contribution in [0.3, 0.4) is 0 Å². The van der Waals surface area contributed by atoms with Gasteiger partial charge in [0.2, 0.25) is 10.0 Å². The third-order valence-electron chi connectivity index (χ3n) is 2.80. The molecule has 1 unspecified atom stereocenters. The molecule has 0 fully saturated rings. The fourth-order valence-electron chi connectivity index (χ4n) is 1.75. The zero-order valence-corrected chi connectivity index (χ0v) is 13.7. The summed E-state index contributed by atoms with van der Waals surface area (Å²) in [5.41, 5.74) is 0. The molecule has 2 rings (SSSR count). The summed E-state index contributed by atoms with van der Waals surface area (Å²) in [5.74, 6) is -1.93. The van der Waals surface area contributed by atoms with Crippen molar-refractivity contribution in [2.24, 2.45) is 0 Å². The topological polar surface area (TPSA) is 55.4 Å². The molecule has 120 valence electrons. The minimum absolute atomic E-state index is 0.0895. The number of hydrogen-bond donors (Lipinski definition) is 1. The van der Waals surface area contributed by atoms with Gasteiger partial charge in [-0.25, -0.2) is 21.9 Å². The molecule has 0 spiro atoms. The molecule has 0 saturated heterocycles. The van der Waals surface area contributed by atoms with Crippen LogP contribution >= 0.6 is 22.9 Å². The quantitative estimate of drug-likeness (QED) is 0.851. The van der Waals surface area contributed by atoms with Gasteiger partial charge in [0.15, 0.2) is 0 Å². The van der Waals surface area contributed by atoms with E-state index in [1.54, 1.807) is 12.1 Å².